The summed E-state index contributed by atoms with van der Waals surface area (Å²) in [5, 5.41) is 0.771. The van der Waals surface area contributed by atoms with Crippen LogP contribution in [0.25, 0.3) is 11.0 Å². The minimum Gasteiger partial charge on any atom is -0.345 e. The topological polar surface area (TPSA) is 101 Å². The van der Waals surface area contributed by atoms with Crippen LogP contribution in [0.4, 0.5) is 0 Å². The van der Waals surface area contributed by atoms with Gasteiger partial charge < -0.3 is 10.7 Å². The van der Waals surface area contributed by atoms with Gasteiger partial charge in [0.05, 0.1) is 10.4 Å². The minimum absolute atomic E-state index is 0. The van der Waals surface area contributed by atoms with Crippen LogP contribution in [-0.2, 0) is 10.0 Å². The smallest absolute Gasteiger partial charge is 0.243 e. The van der Waals surface area contributed by atoms with Crippen LogP contribution in [-0.4, -0.2) is 30.5 Å². The number of pyridine rings is 1. The van der Waals surface area contributed by atoms with Crippen molar-refractivity contribution in [2.24, 2.45) is 11.7 Å². The fraction of sp³-hybridized carbons (Fsp3) is 0.533. The Bertz CT molecular complexity index is 824. The molecule has 0 aliphatic heterocycles. The van der Waals surface area contributed by atoms with Crippen LogP contribution in [0, 0.1) is 5.92 Å². The van der Waals surface area contributed by atoms with Crippen molar-refractivity contribution < 1.29 is 8.42 Å². The molecule has 2 aromatic rings. The highest BCUT2D eigenvalue weighted by atomic mass is 35.5. The molecule has 0 amide bonds. The van der Waals surface area contributed by atoms with Gasteiger partial charge in [0.15, 0.2) is 0 Å². The van der Waals surface area contributed by atoms with Gasteiger partial charge >= 0.3 is 0 Å². The summed E-state index contributed by atoms with van der Waals surface area (Å²) in [4.78, 5) is 7.11. The number of H-pyrrole nitrogens is 1. The first-order chi connectivity index (χ1) is 10.9. The molecule has 0 radical (unpaired) electrons. The standard InChI is InChI=1S/C15H21ClN4O2S.ClH/c1-10-4-2-3-6-15(10,9-17)20-23(21,22)12-8-19-14-13(12)11(16)5-7-18-14;/h5,7-8,10,20H,2-4,6,9,17H2,1H3,(H,18,19);1H. The number of nitrogens with zero attached hydrogens (tertiary/aromatic N) is 1. The predicted octanol–water partition coefficient (Wildman–Crippen LogP) is 2.82. The number of aromatic amines is 1. The molecular formula is C15H22Cl2N4O2S. The molecular weight excluding hydrogens is 371 g/mol. The summed E-state index contributed by atoms with van der Waals surface area (Å²) in [6, 6.07) is 1.58. The number of nitrogens with one attached hydrogen (secondary N) is 2. The normalized spacial score (nSPS) is 24.7. The van der Waals surface area contributed by atoms with Crippen LogP contribution in [0.15, 0.2) is 23.4 Å². The van der Waals surface area contributed by atoms with Crippen molar-refractivity contribution in [3.05, 3.63) is 23.5 Å². The zero-order valence-electron chi connectivity index (χ0n) is 13.4. The lowest BCUT2D eigenvalue weighted by atomic mass is 9.74. The second kappa shape index (κ2) is 7.17. The van der Waals surface area contributed by atoms with Crippen LogP contribution in [0.1, 0.15) is 32.6 Å². The molecule has 24 heavy (non-hydrogen) atoms. The fourth-order valence-electron chi connectivity index (χ4n) is 3.43. The van der Waals surface area contributed by atoms with Gasteiger partial charge in [-0.3, -0.25) is 0 Å². The van der Waals surface area contributed by atoms with Gasteiger partial charge in [0.2, 0.25) is 10.0 Å². The third-order valence-electron chi connectivity index (χ3n) is 4.93. The number of fused-ring (bicyclic) bond motifs is 1. The van der Waals surface area contributed by atoms with Crippen molar-refractivity contribution in [2.45, 2.75) is 43.0 Å². The van der Waals surface area contributed by atoms with Gasteiger partial charge in [-0.15, -0.1) is 12.4 Å². The molecule has 3 rings (SSSR count). The van der Waals surface area contributed by atoms with Crippen molar-refractivity contribution in [2.75, 3.05) is 6.54 Å². The van der Waals surface area contributed by atoms with E-state index in [4.69, 9.17) is 17.3 Å². The van der Waals surface area contributed by atoms with Crippen LogP contribution in [0.2, 0.25) is 5.02 Å². The van der Waals surface area contributed by atoms with E-state index in [1.54, 1.807) is 6.07 Å². The van der Waals surface area contributed by atoms with E-state index in [1.165, 1.54) is 12.4 Å². The Morgan fingerprint density at radius 2 is 2.25 bits per heavy atom. The fourth-order valence-corrected chi connectivity index (χ4v) is 5.46. The summed E-state index contributed by atoms with van der Waals surface area (Å²) in [5.41, 5.74) is 5.81. The highest BCUT2D eigenvalue weighted by Crippen LogP contribution is 2.35. The SMILES string of the molecule is CC1CCCCC1(CN)NS(=O)(=O)c1c[nH]c2nccc(Cl)c12.Cl. The molecule has 0 aromatic carbocycles. The maximum Gasteiger partial charge on any atom is 0.243 e. The van der Waals surface area contributed by atoms with E-state index >= 15 is 0 Å². The van der Waals surface area contributed by atoms with Crippen LogP contribution >= 0.6 is 24.0 Å². The largest absolute Gasteiger partial charge is 0.345 e. The number of hydrogen-bond donors (Lipinski definition) is 3. The van der Waals surface area contributed by atoms with E-state index < -0.39 is 15.6 Å². The van der Waals surface area contributed by atoms with E-state index in [-0.39, 0.29) is 29.8 Å². The summed E-state index contributed by atoms with van der Waals surface area (Å²) < 4.78 is 28.8. The summed E-state index contributed by atoms with van der Waals surface area (Å²) in [6.07, 6.45) is 6.76. The first kappa shape index (κ1) is 19.5. The first-order valence-electron chi connectivity index (χ1n) is 7.75. The molecule has 4 N–H and O–H groups in total. The predicted molar refractivity (Wildman–Crippen MR) is 98.1 cm³/mol. The Kier molecular flexibility index (Phi) is 5.82. The van der Waals surface area contributed by atoms with Crippen LogP contribution in [0.3, 0.4) is 0 Å². The molecule has 0 saturated heterocycles. The van der Waals surface area contributed by atoms with Crippen molar-refractivity contribution in [3.8, 4) is 0 Å². The van der Waals surface area contributed by atoms with Gasteiger partial charge in [-0.2, -0.15) is 0 Å². The number of sulfonamides is 1. The molecule has 2 aromatic heterocycles. The lowest BCUT2D eigenvalue weighted by Crippen LogP contribution is -2.58. The number of nitrogens with two attached hydrogens (primary N) is 1. The van der Waals surface area contributed by atoms with Gasteiger partial charge in [0, 0.05) is 24.5 Å². The van der Waals surface area contributed by atoms with E-state index in [2.05, 4.69) is 21.6 Å². The Hall–Kier alpha value is -0.860. The molecule has 1 saturated carbocycles. The summed E-state index contributed by atoms with van der Waals surface area (Å²) in [6.45, 7) is 2.33. The van der Waals surface area contributed by atoms with Gasteiger partial charge in [-0.1, -0.05) is 31.4 Å². The second-order valence-electron chi connectivity index (χ2n) is 6.28. The molecule has 1 fully saturated rings. The number of rotatable bonds is 4. The monoisotopic (exact) mass is 392 g/mol. The van der Waals surface area contributed by atoms with Crippen LogP contribution in [0.5, 0.6) is 0 Å². The third-order valence-corrected chi connectivity index (χ3v) is 6.82. The lowest BCUT2D eigenvalue weighted by molar-refractivity contribution is 0.191. The Balaban J connectivity index is 0.00000208. The Labute approximate surface area is 153 Å². The average molecular weight is 393 g/mol. The quantitative estimate of drug-likeness (QED) is 0.744. The van der Waals surface area contributed by atoms with Gasteiger partial charge in [0.1, 0.15) is 10.5 Å². The van der Waals surface area contributed by atoms with Crippen molar-refractivity contribution in [3.63, 3.8) is 0 Å². The summed E-state index contributed by atoms with van der Waals surface area (Å²) in [7, 11) is -3.75. The highest BCUT2D eigenvalue weighted by molar-refractivity contribution is 7.89. The number of halogens is 2. The first-order valence-corrected chi connectivity index (χ1v) is 9.61. The number of aromatic nitrogens is 2. The molecule has 1 aliphatic rings. The third kappa shape index (κ3) is 3.28. The second-order valence-corrected chi connectivity index (χ2v) is 8.34. The molecule has 6 nitrogen and oxygen atoms in total. The maximum atomic E-state index is 13.0. The Morgan fingerprint density at radius 1 is 1.50 bits per heavy atom. The molecule has 2 atom stereocenters. The molecule has 9 heteroatoms. The summed E-state index contributed by atoms with van der Waals surface area (Å²) >= 11 is 6.17. The van der Waals surface area contributed by atoms with Gasteiger partial charge in [0.25, 0.3) is 0 Å². The Morgan fingerprint density at radius 3 is 2.92 bits per heavy atom. The van der Waals surface area contributed by atoms with Gasteiger partial charge in [-0.05, 0) is 24.8 Å². The zero-order valence-corrected chi connectivity index (χ0v) is 15.8. The zero-order chi connectivity index (χ0) is 16.7. The molecule has 0 bridgehead atoms. The number of hydrogen-bond acceptors (Lipinski definition) is 4. The van der Waals surface area contributed by atoms with Crippen molar-refractivity contribution >= 4 is 45.1 Å². The van der Waals surface area contributed by atoms with Crippen LogP contribution < -0.4 is 10.5 Å². The molecule has 0 spiro atoms. The van der Waals surface area contributed by atoms with Crippen molar-refractivity contribution in [1.82, 2.24) is 14.7 Å². The van der Waals surface area contributed by atoms with Gasteiger partial charge in [-0.25, -0.2) is 18.1 Å². The maximum absolute atomic E-state index is 13.0. The minimum atomic E-state index is -3.75. The van der Waals surface area contributed by atoms with E-state index in [0.29, 0.717) is 16.1 Å². The van der Waals surface area contributed by atoms with E-state index in [0.717, 1.165) is 25.7 Å². The highest BCUT2D eigenvalue weighted by Gasteiger charge is 2.41. The van der Waals surface area contributed by atoms with Crippen molar-refractivity contribution in [1.29, 1.82) is 0 Å². The lowest BCUT2D eigenvalue weighted by Gasteiger charge is -2.42. The summed E-state index contributed by atoms with van der Waals surface area (Å²) in [5.74, 6) is 0.190. The van der Waals surface area contributed by atoms with E-state index in [1.807, 2.05) is 0 Å². The molecule has 1 aliphatic carbocycles. The van der Waals surface area contributed by atoms with E-state index in [9.17, 15) is 8.42 Å². The molecule has 2 heterocycles. The average Bonchev–Trinajstić information content (AvgIpc) is 2.96. The molecule has 2 unspecified atom stereocenters. The molecule has 134 valence electrons.